The fraction of sp³-hybridized carbons (Fsp3) is 0.333. The van der Waals surface area contributed by atoms with Crippen molar-refractivity contribution in [3.05, 3.63) is 52.1 Å². The Morgan fingerprint density at radius 2 is 2.04 bits per heavy atom. The minimum atomic E-state index is -4.44. The lowest BCUT2D eigenvalue weighted by Gasteiger charge is -2.16. The highest BCUT2D eigenvalue weighted by Gasteiger charge is 2.28. The van der Waals surface area contributed by atoms with Gasteiger partial charge in [0.05, 0.1) is 4.47 Å². The van der Waals surface area contributed by atoms with Crippen molar-refractivity contribution in [2.24, 2.45) is 0 Å². The van der Waals surface area contributed by atoms with Gasteiger partial charge in [-0.05, 0) is 59.1 Å². The molecular weight excluding hydrogens is 429 g/mol. The standard InChI is InChI=1S/C18H18BrF3N2O3/c1-11-3-4-15(14(19)7-11)27-12(2)17(25)24-9-13-5-6-23-16(8-13)26-10-18(20,21)22/h3-8,12H,9-10H2,1-2H3,(H,24,25). The molecule has 1 atom stereocenters. The zero-order valence-electron chi connectivity index (χ0n) is 14.6. The second kappa shape index (κ2) is 9.07. The second-order valence-corrected chi connectivity index (χ2v) is 6.67. The average Bonchev–Trinajstić information content (AvgIpc) is 2.60. The molecule has 5 nitrogen and oxygen atoms in total. The normalized spacial score (nSPS) is 12.4. The van der Waals surface area contributed by atoms with Gasteiger partial charge < -0.3 is 14.8 Å². The first-order chi connectivity index (χ1) is 12.6. The first-order valence-corrected chi connectivity index (χ1v) is 8.78. The van der Waals surface area contributed by atoms with E-state index in [2.05, 4.69) is 31.0 Å². The van der Waals surface area contributed by atoms with E-state index in [9.17, 15) is 18.0 Å². The summed E-state index contributed by atoms with van der Waals surface area (Å²) < 4.78 is 47.5. The Morgan fingerprint density at radius 3 is 2.70 bits per heavy atom. The highest BCUT2D eigenvalue weighted by atomic mass is 79.9. The highest BCUT2D eigenvalue weighted by molar-refractivity contribution is 9.10. The topological polar surface area (TPSA) is 60.5 Å². The van der Waals surface area contributed by atoms with Gasteiger partial charge in [0.15, 0.2) is 12.7 Å². The summed E-state index contributed by atoms with van der Waals surface area (Å²) in [4.78, 5) is 15.9. The van der Waals surface area contributed by atoms with E-state index in [0.29, 0.717) is 11.3 Å². The van der Waals surface area contributed by atoms with E-state index in [1.807, 2.05) is 19.1 Å². The quantitative estimate of drug-likeness (QED) is 0.692. The number of carbonyl (C=O) groups excluding carboxylic acids is 1. The molecule has 0 bridgehead atoms. The number of ether oxygens (including phenoxy) is 2. The molecule has 1 aromatic heterocycles. The van der Waals surface area contributed by atoms with Crippen LogP contribution in [0.2, 0.25) is 0 Å². The van der Waals surface area contributed by atoms with Crippen LogP contribution in [0.25, 0.3) is 0 Å². The molecule has 146 valence electrons. The van der Waals surface area contributed by atoms with Crippen LogP contribution in [0.3, 0.4) is 0 Å². The predicted molar refractivity (Wildman–Crippen MR) is 96.6 cm³/mol. The molecule has 1 heterocycles. The Labute approximate surface area is 163 Å². The summed E-state index contributed by atoms with van der Waals surface area (Å²) in [7, 11) is 0. The van der Waals surface area contributed by atoms with Crippen LogP contribution in [0.4, 0.5) is 13.2 Å². The van der Waals surface area contributed by atoms with Crippen LogP contribution in [0.15, 0.2) is 41.0 Å². The van der Waals surface area contributed by atoms with Crippen molar-refractivity contribution in [2.75, 3.05) is 6.61 Å². The number of pyridine rings is 1. The van der Waals surface area contributed by atoms with Gasteiger partial charge in [0.1, 0.15) is 5.75 Å². The fourth-order valence-corrected chi connectivity index (χ4v) is 2.66. The molecule has 2 rings (SSSR count). The molecule has 0 aliphatic heterocycles. The summed E-state index contributed by atoms with van der Waals surface area (Å²) in [5, 5.41) is 2.66. The van der Waals surface area contributed by atoms with Crippen molar-refractivity contribution in [1.82, 2.24) is 10.3 Å². The van der Waals surface area contributed by atoms with Gasteiger partial charge in [-0.3, -0.25) is 4.79 Å². The van der Waals surface area contributed by atoms with Crippen LogP contribution in [-0.2, 0) is 11.3 Å². The third-order valence-electron chi connectivity index (χ3n) is 3.41. The van der Waals surface area contributed by atoms with E-state index in [4.69, 9.17) is 4.74 Å². The number of benzene rings is 1. The summed E-state index contributed by atoms with van der Waals surface area (Å²) in [6, 6.07) is 8.41. The van der Waals surface area contributed by atoms with Crippen LogP contribution >= 0.6 is 15.9 Å². The van der Waals surface area contributed by atoms with Gasteiger partial charge >= 0.3 is 6.18 Å². The Bertz CT molecular complexity index is 800. The maximum atomic E-state index is 12.2. The fourth-order valence-electron chi connectivity index (χ4n) is 2.07. The third-order valence-corrected chi connectivity index (χ3v) is 4.03. The van der Waals surface area contributed by atoms with E-state index in [0.717, 1.165) is 10.0 Å². The lowest BCUT2D eigenvalue weighted by Crippen LogP contribution is -2.36. The Morgan fingerprint density at radius 1 is 1.30 bits per heavy atom. The molecule has 2 aromatic rings. The molecule has 27 heavy (non-hydrogen) atoms. The largest absolute Gasteiger partial charge is 0.480 e. The minimum Gasteiger partial charge on any atom is -0.480 e. The first-order valence-electron chi connectivity index (χ1n) is 7.99. The average molecular weight is 447 g/mol. The Kier molecular flexibility index (Phi) is 7.06. The van der Waals surface area contributed by atoms with Gasteiger partial charge in [-0.15, -0.1) is 0 Å². The monoisotopic (exact) mass is 446 g/mol. The van der Waals surface area contributed by atoms with Crippen LogP contribution in [0, 0.1) is 6.92 Å². The van der Waals surface area contributed by atoms with E-state index >= 15 is 0 Å². The zero-order valence-corrected chi connectivity index (χ0v) is 16.2. The predicted octanol–water partition coefficient (Wildman–Crippen LogP) is 4.18. The number of alkyl halides is 3. The van der Waals surface area contributed by atoms with Crippen molar-refractivity contribution in [3.63, 3.8) is 0 Å². The summed E-state index contributed by atoms with van der Waals surface area (Å²) in [5.41, 5.74) is 1.60. The first kappa shape index (κ1) is 21.0. The van der Waals surface area contributed by atoms with E-state index in [1.54, 1.807) is 19.1 Å². The molecule has 0 saturated heterocycles. The second-order valence-electron chi connectivity index (χ2n) is 5.82. The van der Waals surface area contributed by atoms with Gasteiger partial charge in [-0.1, -0.05) is 6.07 Å². The van der Waals surface area contributed by atoms with Crippen molar-refractivity contribution in [2.45, 2.75) is 32.7 Å². The summed E-state index contributed by atoms with van der Waals surface area (Å²) >= 11 is 3.38. The maximum absolute atomic E-state index is 12.2. The van der Waals surface area contributed by atoms with Crippen molar-refractivity contribution in [1.29, 1.82) is 0 Å². The Balaban J connectivity index is 1.89. The van der Waals surface area contributed by atoms with Crippen LogP contribution in [-0.4, -0.2) is 29.8 Å². The number of rotatable bonds is 7. The van der Waals surface area contributed by atoms with E-state index < -0.39 is 18.9 Å². The molecule has 1 amide bonds. The van der Waals surface area contributed by atoms with Gasteiger partial charge in [0.25, 0.3) is 5.91 Å². The maximum Gasteiger partial charge on any atom is 0.422 e. The summed E-state index contributed by atoms with van der Waals surface area (Å²) in [6.45, 7) is 2.22. The smallest absolute Gasteiger partial charge is 0.422 e. The number of aromatic nitrogens is 1. The minimum absolute atomic E-state index is 0.104. The number of nitrogens with one attached hydrogen (secondary N) is 1. The lowest BCUT2D eigenvalue weighted by molar-refractivity contribution is -0.154. The van der Waals surface area contributed by atoms with Crippen molar-refractivity contribution < 1.29 is 27.4 Å². The van der Waals surface area contributed by atoms with Crippen molar-refractivity contribution in [3.8, 4) is 11.6 Å². The van der Waals surface area contributed by atoms with Gasteiger partial charge in [0.2, 0.25) is 5.88 Å². The third kappa shape index (κ3) is 7.09. The number of hydrogen-bond acceptors (Lipinski definition) is 4. The molecule has 9 heteroatoms. The molecule has 0 fully saturated rings. The molecule has 1 unspecified atom stereocenters. The summed E-state index contributed by atoms with van der Waals surface area (Å²) in [5.74, 6) is 0.0130. The van der Waals surface area contributed by atoms with E-state index in [-0.39, 0.29) is 18.3 Å². The number of amides is 1. The molecule has 0 aliphatic rings. The molecular formula is C18H18BrF3N2O3. The van der Waals surface area contributed by atoms with Crippen LogP contribution < -0.4 is 14.8 Å². The molecule has 1 N–H and O–H groups in total. The number of carbonyl (C=O) groups is 1. The Hall–Kier alpha value is -2.29. The SMILES string of the molecule is Cc1ccc(OC(C)C(=O)NCc2ccnc(OCC(F)(F)F)c2)c(Br)c1. The molecule has 1 aromatic carbocycles. The van der Waals surface area contributed by atoms with Crippen LogP contribution in [0.1, 0.15) is 18.1 Å². The van der Waals surface area contributed by atoms with Gasteiger partial charge in [0, 0.05) is 18.8 Å². The molecule has 0 aliphatic carbocycles. The number of halogens is 4. The summed E-state index contributed by atoms with van der Waals surface area (Å²) in [6.07, 6.45) is -3.88. The van der Waals surface area contributed by atoms with E-state index in [1.165, 1.54) is 12.3 Å². The van der Waals surface area contributed by atoms with Crippen molar-refractivity contribution >= 4 is 21.8 Å². The molecule has 0 spiro atoms. The molecule has 0 radical (unpaired) electrons. The van der Waals surface area contributed by atoms with Crippen LogP contribution in [0.5, 0.6) is 11.6 Å². The molecule has 0 saturated carbocycles. The number of nitrogens with zero attached hydrogens (tertiary/aromatic N) is 1. The van der Waals surface area contributed by atoms with Gasteiger partial charge in [-0.2, -0.15) is 13.2 Å². The zero-order chi connectivity index (χ0) is 20.0. The van der Waals surface area contributed by atoms with Gasteiger partial charge in [-0.25, -0.2) is 4.98 Å². The number of aryl methyl sites for hydroxylation is 1. The lowest BCUT2D eigenvalue weighted by atomic mass is 10.2. The highest BCUT2D eigenvalue weighted by Crippen LogP contribution is 2.26. The number of hydrogen-bond donors (Lipinski definition) is 1.